The van der Waals surface area contributed by atoms with Gasteiger partial charge in [0.25, 0.3) is 0 Å². The molecule has 1 aromatic carbocycles. The first-order chi connectivity index (χ1) is 6.74. The molecule has 1 atom stereocenters. The lowest BCUT2D eigenvalue weighted by molar-refractivity contribution is 0.198. The Labute approximate surface area is 84.8 Å². The fraction of sp³-hybridized carbons (Fsp3) is 0.333. The van der Waals surface area contributed by atoms with Crippen LogP contribution in [0.1, 0.15) is 25.5 Å². The zero-order chi connectivity index (χ0) is 10.4. The normalized spacial score (nSPS) is 13.1. The molecule has 0 spiro atoms. The predicted octanol–water partition coefficient (Wildman–Crippen LogP) is 2.69. The molecule has 0 aromatic heterocycles. The SMILES string of the molecule is CC=CCOc1cccc([C@@H](C)O)c1. The molecule has 0 aliphatic heterocycles. The zero-order valence-electron chi connectivity index (χ0n) is 8.60. The second-order valence-corrected chi connectivity index (χ2v) is 3.13. The smallest absolute Gasteiger partial charge is 0.120 e. The number of rotatable bonds is 4. The molecule has 0 aliphatic rings. The molecule has 0 aliphatic carbocycles. The number of benzene rings is 1. The summed E-state index contributed by atoms with van der Waals surface area (Å²) in [6, 6.07) is 7.50. The molecule has 1 rings (SSSR count). The van der Waals surface area contributed by atoms with Crippen molar-refractivity contribution in [1.82, 2.24) is 0 Å². The van der Waals surface area contributed by atoms with Crippen molar-refractivity contribution in [3.63, 3.8) is 0 Å². The van der Waals surface area contributed by atoms with E-state index in [-0.39, 0.29) is 0 Å². The second kappa shape index (κ2) is 5.45. The highest BCUT2D eigenvalue weighted by molar-refractivity contribution is 5.29. The van der Waals surface area contributed by atoms with E-state index in [1.807, 2.05) is 43.3 Å². The largest absolute Gasteiger partial charge is 0.490 e. The Morgan fingerprint density at radius 2 is 2.29 bits per heavy atom. The molecule has 0 saturated heterocycles. The van der Waals surface area contributed by atoms with E-state index < -0.39 is 6.10 Å². The highest BCUT2D eigenvalue weighted by Gasteiger charge is 2.01. The lowest BCUT2D eigenvalue weighted by atomic mass is 10.1. The van der Waals surface area contributed by atoms with Crippen LogP contribution in [0, 0.1) is 0 Å². The Morgan fingerprint density at radius 1 is 1.50 bits per heavy atom. The van der Waals surface area contributed by atoms with Gasteiger partial charge < -0.3 is 9.84 Å². The van der Waals surface area contributed by atoms with Crippen LogP contribution < -0.4 is 4.74 Å². The van der Waals surface area contributed by atoms with E-state index in [1.165, 1.54) is 0 Å². The van der Waals surface area contributed by atoms with Crippen LogP contribution >= 0.6 is 0 Å². The van der Waals surface area contributed by atoms with Crippen molar-refractivity contribution >= 4 is 0 Å². The standard InChI is InChI=1S/C12H16O2/c1-3-4-8-14-12-7-5-6-11(9-12)10(2)13/h3-7,9-10,13H,8H2,1-2H3/t10-/m1/s1. The maximum Gasteiger partial charge on any atom is 0.120 e. The third-order valence-electron chi connectivity index (χ3n) is 1.92. The van der Waals surface area contributed by atoms with Gasteiger partial charge in [-0.3, -0.25) is 0 Å². The van der Waals surface area contributed by atoms with Gasteiger partial charge in [-0.2, -0.15) is 0 Å². The summed E-state index contributed by atoms with van der Waals surface area (Å²) in [4.78, 5) is 0. The minimum absolute atomic E-state index is 0.444. The summed E-state index contributed by atoms with van der Waals surface area (Å²) in [5.74, 6) is 0.793. The fourth-order valence-electron chi connectivity index (χ4n) is 1.10. The van der Waals surface area contributed by atoms with Crippen molar-refractivity contribution < 1.29 is 9.84 Å². The third-order valence-corrected chi connectivity index (χ3v) is 1.92. The van der Waals surface area contributed by atoms with Crippen molar-refractivity contribution in [2.75, 3.05) is 6.61 Å². The predicted molar refractivity (Wildman–Crippen MR) is 57.4 cm³/mol. The summed E-state index contributed by atoms with van der Waals surface area (Å²) in [5, 5.41) is 9.35. The van der Waals surface area contributed by atoms with Crippen LogP contribution in [0.3, 0.4) is 0 Å². The Balaban J connectivity index is 2.64. The molecule has 0 saturated carbocycles. The van der Waals surface area contributed by atoms with Gasteiger partial charge in [0.15, 0.2) is 0 Å². The van der Waals surface area contributed by atoms with Crippen LogP contribution in [0.15, 0.2) is 36.4 Å². The topological polar surface area (TPSA) is 29.5 Å². The van der Waals surface area contributed by atoms with Gasteiger partial charge in [-0.15, -0.1) is 0 Å². The third kappa shape index (κ3) is 3.23. The number of hydrogen-bond donors (Lipinski definition) is 1. The highest BCUT2D eigenvalue weighted by Crippen LogP contribution is 2.18. The number of aliphatic hydroxyl groups is 1. The Bertz CT molecular complexity index is 303. The van der Waals surface area contributed by atoms with Crippen LogP contribution in [0.5, 0.6) is 5.75 Å². The van der Waals surface area contributed by atoms with Gasteiger partial charge in [0.05, 0.1) is 6.10 Å². The van der Waals surface area contributed by atoms with E-state index >= 15 is 0 Å². The van der Waals surface area contributed by atoms with Gasteiger partial charge in [0, 0.05) is 0 Å². The molecule has 76 valence electrons. The van der Waals surface area contributed by atoms with Gasteiger partial charge in [0.2, 0.25) is 0 Å². The summed E-state index contributed by atoms with van der Waals surface area (Å²) in [6.07, 6.45) is 3.44. The van der Waals surface area contributed by atoms with Gasteiger partial charge >= 0.3 is 0 Å². The van der Waals surface area contributed by atoms with Gasteiger partial charge in [-0.1, -0.05) is 24.3 Å². The van der Waals surface area contributed by atoms with E-state index in [0.717, 1.165) is 11.3 Å². The molecule has 2 nitrogen and oxygen atoms in total. The molecule has 0 unspecified atom stereocenters. The van der Waals surface area contributed by atoms with E-state index in [2.05, 4.69) is 0 Å². The number of aliphatic hydroxyl groups excluding tert-OH is 1. The number of ether oxygens (including phenoxy) is 1. The summed E-state index contributed by atoms with van der Waals surface area (Å²) >= 11 is 0. The lowest BCUT2D eigenvalue weighted by Crippen LogP contribution is -1.95. The van der Waals surface area contributed by atoms with Crippen LogP contribution in [0.2, 0.25) is 0 Å². The molecule has 0 radical (unpaired) electrons. The molecule has 2 heteroatoms. The van der Waals surface area contributed by atoms with Crippen molar-refractivity contribution in [1.29, 1.82) is 0 Å². The maximum absolute atomic E-state index is 9.35. The van der Waals surface area contributed by atoms with Crippen LogP contribution in [0.25, 0.3) is 0 Å². The zero-order valence-corrected chi connectivity index (χ0v) is 8.60. The van der Waals surface area contributed by atoms with E-state index in [4.69, 9.17) is 4.74 Å². The Kier molecular flexibility index (Phi) is 4.20. The molecule has 1 N–H and O–H groups in total. The van der Waals surface area contributed by atoms with Crippen molar-refractivity contribution in [2.45, 2.75) is 20.0 Å². The second-order valence-electron chi connectivity index (χ2n) is 3.13. The molecule has 0 heterocycles. The quantitative estimate of drug-likeness (QED) is 0.743. The van der Waals surface area contributed by atoms with Gasteiger partial charge in [-0.25, -0.2) is 0 Å². The van der Waals surface area contributed by atoms with E-state index in [1.54, 1.807) is 6.92 Å². The first-order valence-corrected chi connectivity index (χ1v) is 4.76. The first kappa shape index (κ1) is 10.8. The van der Waals surface area contributed by atoms with Crippen molar-refractivity contribution in [3.8, 4) is 5.75 Å². The minimum atomic E-state index is -0.444. The van der Waals surface area contributed by atoms with Crippen LogP contribution in [-0.2, 0) is 0 Å². The average molecular weight is 192 g/mol. The summed E-state index contributed by atoms with van der Waals surface area (Å²) in [7, 11) is 0. The summed E-state index contributed by atoms with van der Waals surface area (Å²) in [5.41, 5.74) is 0.878. The van der Waals surface area contributed by atoms with Gasteiger partial charge in [0.1, 0.15) is 12.4 Å². The minimum Gasteiger partial charge on any atom is -0.490 e. The molecular weight excluding hydrogens is 176 g/mol. The van der Waals surface area contributed by atoms with Crippen LogP contribution in [-0.4, -0.2) is 11.7 Å². The Hall–Kier alpha value is -1.28. The monoisotopic (exact) mass is 192 g/mol. The number of hydrogen-bond acceptors (Lipinski definition) is 2. The molecule has 14 heavy (non-hydrogen) atoms. The van der Waals surface area contributed by atoms with Crippen LogP contribution in [0.4, 0.5) is 0 Å². The summed E-state index contributed by atoms with van der Waals surface area (Å²) in [6.45, 7) is 4.26. The highest BCUT2D eigenvalue weighted by atomic mass is 16.5. The first-order valence-electron chi connectivity index (χ1n) is 4.76. The van der Waals surface area contributed by atoms with E-state index in [9.17, 15) is 5.11 Å². The summed E-state index contributed by atoms with van der Waals surface area (Å²) < 4.78 is 5.44. The fourth-order valence-corrected chi connectivity index (χ4v) is 1.10. The van der Waals surface area contributed by atoms with Gasteiger partial charge in [-0.05, 0) is 31.5 Å². The lowest BCUT2D eigenvalue weighted by Gasteiger charge is -2.07. The average Bonchev–Trinajstić information content (AvgIpc) is 2.19. The maximum atomic E-state index is 9.35. The van der Waals surface area contributed by atoms with Crippen molar-refractivity contribution in [2.24, 2.45) is 0 Å². The van der Waals surface area contributed by atoms with Crippen molar-refractivity contribution in [3.05, 3.63) is 42.0 Å². The molecule has 0 amide bonds. The molecular formula is C12H16O2. The molecule has 0 fully saturated rings. The molecule has 0 bridgehead atoms. The van der Waals surface area contributed by atoms with E-state index in [0.29, 0.717) is 6.61 Å². The Morgan fingerprint density at radius 3 is 2.93 bits per heavy atom. The molecule has 1 aromatic rings. The number of allylic oxidation sites excluding steroid dienone is 1.